The van der Waals surface area contributed by atoms with Gasteiger partial charge in [0.1, 0.15) is 12.6 Å². The Kier molecular flexibility index (Phi) is 5.24. The van der Waals surface area contributed by atoms with Crippen LogP contribution in [0, 0.1) is 6.92 Å². The molecule has 0 bridgehead atoms. The second-order valence-corrected chi connectivity index (χ2v) is 8.33. The number of aromatic nitrogens is 4. The number of carbonyl (C=O) groups excluding carboxylic acids is 1. The highest BCUT2D eigenvalue weighted by Gasteiger charge is 2.32. The van der Waals surface area contributed by atoms with Gasteiger partial charge in [0.15, 0.2) is 0 Å². The van der Waals surface area contributed by atoms with E-state index in [1.54, 1.807) is 4.68 Å². The molecule has 3 aromatic rings. The van der Waals surface area contributed by atoms with Crippen LogP contribution in [-0.4, -0.2) is 38.7 Å². The van der Waals surface area contributed by atoms with E-state index in [1.165, 1.54) is 18.4 Å². The molecule has 2 heterocycles. The second-order valence-electron chi connectivity index (χ2n) is 8.33. The van der Waals surface area contributed by atoms with E-state index >= 15 is 0 Å². The first kappa shape index (κ1) is 19.5. The molecule has 5 rings (SSSR count). The predicted octanol–water partition coefficient (Wildman–Crippen LogP) is 3.49. The number of benzene rings is 2. The number of anilines is 1. The Morgan fingerprint density at radius 3 is 2.55 bits per heavy atom. The summed E-state index contributed by atoms with van der Waals surface area (Å²) in [5, 5.41) is 15.7. The first-order chi connectivity index (χ1) is 15.2. The highest BCUT2D eigenvalue weighted by Crippen LogP contribution is 2.36. The lowest BCUT2D eigenvalue weighted by molar-refractivity contribution is -0.120. The van der Waals surface area contributed by atoms with Crippen LogP contribution in [0.15, 0.2) is 60.7 Å². The number of fused-ring (bicyclic) bond motifs is 1. The number of hydrogen-bond donors (Lipinski definition) is 1. The summed E-state index contributed by atoms with van der Waals surface area (Å²) in [4.78, 5) is 14.8. The number of allylic oxidation sites excluding steroid dienone is 1. The first-order valence-corrected chi connectivity index (χ1v) is 10.9. The van der Waals surface area contributed by atoms with Crippen molar-refractivity contribution in [1.29, 1.82) is 0 Å². The molecule has 2 aromatic carbocycles. The Balaban J connectivity index is 1.52. The number of nitrogens with one attached hydrogen (secondary N) is 1. The monoisotopic (exact) mass is 414 g/mol. The van der Waals surface area contributed by atoms with E-state index in [9.17, 15) is 4.79 Å². The molecule has 7 nitrogen and oxygen atoms in total. The third kappa shape index (κ3) is 3.95. The van der Waals surface area contributed by atoms with E-state index in [2.05, 4.69) is 70.2 Å². The second kappa shape index (κ2) is 8.34. The fourth-order valence-corrected chi connectivity index (χ4v) is 4.47. The Labute approximate surface area is 181 Å². The highest BCUT2D eigenvalue weighted by molar-refractivity contribution is 5.89. The number of rotatable bonds is 5. The number of amides is 1. The number of nitrogens with zero attached hydrogens (tertiary/aromatic N) is 5. The van der Waals surface area contributed by atoms with Gasteiger partial charge in [-0.15, -0.1) is 0 Å². The lowest BCUT2D eigenvalue weighted by Crippen LogP contribution is -2.42. The first-order valence-electron chi connectivity index (χ1n) is 10.9. The molecule has 1 fully saturated rings. The largest absolute Gasteiger partial charge is 0.352 e. The summed E-state index contributed by atoms with van der Waals surface area (Å²) in [6, 6.07) is 18.6. The van der Waals surface area contributed by atoms with Gasteiger partial charge in [0, 0.05) is 6.04 Å². The van der Waals surface area contributed by atoms with Crippen LogP contribution in [-0.2, 0) is 4.79 Å². The molecule has 158 valence electrons. The normalized spacial score (nSPS) is 18.5. The molecule has 31 heavy (non-hydrogen) atoms. The summed E-state index contributed by atoms with van der Waals surface area (Å²) in [6.07, 6.45) is 6.62. The molecule has 0 unspecified atom stereocenters. The van der Waals surface area contributed by atoms with Crippen molar-refractivity contribution in [1.82, 2.24) is 25.5 Å². The Hall–Kier alpha value is -3.48. The predicted molar refractivity (Wildman–Crippen MR) is 119 cm³/mol. The Morgan fingerprint density at radius 1 is 1.06 bits per heavy atom. The topological polar surface area (TPSA) is 75.9 Å². The van der Waals surface area contributed by atoms with Gasteiger partial charge in [0.25, 0.3) is 5.95 Å². The molecule has 2 aliphatic rings. The van der Waals surface area contributed by atoms with E-state index in [0.717, 1.165) is 29.7 Å². The van der Waals surface area contributed by atoms with Gasteiger partial charge in [-0.25, -0.2) is 0 Å². The van der Waals surface area contributed by atoms with Crippen LogP contribution in [0.25, 0.3) is 5.70 Å². The van der Waals surface area contributed by atoms with Gasteiger partial charge in [0.05, 0.1) is 5.70 Å². The number of tetrazole rings is 1. The van der Waals surface area contributed by atoms with Gasteiger partial charge >= 0.3 is 0 Å². The summed E-state index contributed by atoms with van der Waals surface area (Å²) in [5.74, 6) is 0.575. The molecular weight excluding hydrogens is 388 g/mol. The van der Waals surface area contributed by atoms with Gasteiger partial charge in [-0.1, -0.05) is 78.1 Å². The van der Waals surface area contributed by atoms with Crippen LogP contribution in [0.1, 0.15) is 48.4 Å². The minimum Gasteiger partial charge on any atom is -0.352 e. The van der Waals surface area contributed by atoms with Gasteiger partial charge in [0.2, 0.25) is 5.91 Å². The van der Waals surface area contributed by atoms with Gasteiger partial charge < -0.3 is 5.32 Å². The summed E-state index contributed by atoms with van der Waals surface area (Å²) in [5.41, 5.74) is 4.27. The number of hydrogen-bond acceptors (Lipinski definition) is 5. The molecule has 0 radical (unpaired) electrons. The van der Waals surface area contributed by atoms with Crippen molar-refractivity contribution < 1.29 is 4.79 Å². The minimum absolute atomic E-state index is 0.00272. The van der Waals surface area contributed by atoms with Crippen molar-refractivity contribution in [3.05, 3.63) is 77.4 Å². The van der Waals surface area contributed by atoms with Crippen molar-refractivity contribution in [2.24, 2.45) is 0 Å². The molecule has 0 saturated heterocycles. The maximum atomic E-state index is 12.9. The SMILES string of the molecule is Cc1ccc([C@H]2C=C(c3ccccc3)N(CC(=O)NC3CCCC3)c3nnnn32)cc1. The van der Waals surface area contributed by atoms with E-state index in [0.29, 0.717) is 5.95 Å². The van der Waals surface area contributed by atoms with Crippen molar-refractivity contribution >= 4 is 17.6 Å². The number of aryl methyl sites for hydroxylation is 1. The maximum Gasteiger partial charge on any atom is 0.251 e. The van der Waals surface area contributed by atoms with E-state index in [-0.39, 0.29) is 24.5 Å². The summed E-state index contributed by atoms with van der Waals surface area (Å²) in [7, 11) is 0. The van der Waals surface area contributed by atoms with E-state index in [4.69, 9.17) is 0 Å². The maximum absolute atomic E-state index is 12.9. The molecule has 7 heteroatoms. The molecule has 1 atom stereocenters. The lowest BCUT2D eigenvalue weighted by Gasteiger charge is -2.32. The molecule has 1 amide bonds. The molecule has 1 N–H and O–H groups in total. The summed E-state index contributed by atoms with van der Waals surface area (Å²) in [6.45, 7) is 2.25. The van der Waals surface area contributed by atoms with Gasteiger partial charge in [-0.3, -0.25) is 9.69 Å². The Morgan fingerprint density at radius 2 is 1.81 bits per heavy atom. The molecule has 1 aliphatic carbocycles. The minimum atomic E-state index is -0.144. The zero-order valence-corrected chi connectivity index (χ0v) is 17.6. The van der Waals surface area contributed by atoms with Crippen LogP contribution < -0.4 is 10.2 Å². The smallest absolute Gasteiger partial charge is 0.251 e. The average molecular weight is 415 g/mol. The van der Waals surface area contributed by atoms with Crippen LogP contribution in [0.5, 0.6) is 0 Å². The standard InChI is InChI=1S/C24H26N6O/c1-17-11-13-19(14-12-17)22-15-21(18-7-3-2-4-8-18)29(24-26-27-28-30(22)24)16-23(31)25-20-9-5-6-10-20/h2-4,7-8,11-15,20,22H,5-6,9-10,16H2,1H3,(H,25,31)/t22-/m1/s1. The molecule has 1 saturated carbocycles. The highest BCUT2D eigenvalue weighted by atomic mass is 16.2. The van der Waals surface area contributed by atoms with Crippen molar-refractivity contribution in [3.63, 3.8) is 0 Å². The van der Waals surface area contributed by atoms with E-state index < -0.39 is 0 Å². The van der Waals surface area contributed by atoms with E-state index in [1.807, 2.05) is 23.1 Å². The molecular formula is C24H26N6O. The van der Waals surface area contributed by atoms with Gasteiger partial charge in [-0.2, -0.15) is 4.68 Å². The summed E-state index contributed by atoms with van der Waals surface area (Å²) >= 11 is 0. The van der Waals surface area contributed by atoms with Crippen LogP contribution in [0.2, 0.25) is 0 Å². The zero-order chi connectivity index (χ0) is 21.2. The van der Waals surface area contributed by atoms with Crippen molar-refractivity contribution in [2.45, 2.75) is 44.7 Å². The number of carbonyl (C=O) groups is 1. The lowest BCUT2D eigenvalue weighted by atomic mass is 10.00. The third-order valence-corrected chi connectivity index (χ3v) is 6.10. The molecule has 1 aliphatic heterocycles. The summed E-state index contributed by atoms with van der Waals surface area (Å²) < 4.78 is 1.79. The van der Waals surface area contributed by atoms with Crippen LogP contribution >= 0.6 is 0 Å². The Bertz CT molecular complexity index is 1080. The average Bonchev–Trinajstić information content (AvgIpc) is 3.47. The fraction of sp³-hybridized carbons (Fsp3) is 0.333. The van der Waals surface area contributed by atoms with Gasteiger partial charge in [-0.05, 0) is 47.4 Å². The molecule has 0 spiro atoms. The fourth-order valence-electron chi connectivity index (χ4n) is 4.47. The van der Waals surface area contributed by atoms with Crippen molar-refractivity contribution in [2.75, 3.05) is 11.4 Å². The van der Waals surface area contributed by atoms with Crippen LogP contribution in [0.4, 0.5) is 5.95 Å². The third-order valence-electron chi connectivity index (χ3n) is 6.10. The zero-order valence-electron chi connectivity index (χ0n) is 17.6. The molecule has 1 aromatic heterocycles. The van der Waals surface area contributed by atoms with Crippen LogP contribution in [0.3, 0.4) is 0 Å². The quantitative estimate of drug-likeness (QED) is 0.692. The van der Waals surface area contributed by atoms with Crippen molar-refractivity contribution in [3.8, 4) is 0 Å².